The highest BCUT2D eigenvalue weighted by atomic mass is 16.5. The fraction of sp³-hybridized carbons (Fsp3) is 0.636. The molecule has 0 saturated carbocycles. The van der Waals surface area contributed by atoms with Gasteiger partial charge in [0, 0.05) is 39.9 Å². The largest absolute Gasteiger partial charge is 0.484 e. The Balaban J connectivity index is 1.89. The van der Waals surface area contributed by atoms with Crippen LogP contribution < -0.4 is 15.4 Å². The second-order valence-corrected chi connectivity index (χ2v) is 7.33. The molecule has 0 bridgehead atoms. The summed E-state index contributed by atoms with van der Waals surface area (Å²) < 4.78 is 11.0. The summed E-state index contributed by atoms with van der Waals surface area (Å²) in [5.41, 5.74) is 1.05. The molecule has 2 N–H and O–H groups in total. The molecule has 0 atom stereocenters. The molecule has 2 rings (SSSR count). The molecule has 1 heterocycles. The molecule has 1 aromatic rings. The Kier molecular flexibility index (Phi) is 10.3. The lowest BCUT2D eigenvalue weighted by atomic mass is 9.96. The van der Waals surface area contributed by atoms with Gasteiger partial charge in [0.25, 0.3) is 5.91 Å². The molecule has 7 nitrogen and oxygen atoms in total. The number of carbonyl (C=O) groups excluding carboxylic acids is 1. The maximum absolute atomic E-state index is 11.6. The monoisotopic (exact) mass is 404 g/mol. The molecule has 0 spiro atoms. The Morgan fingerprint density at radius 3 is 2.72 bits per heavy atom. The van der Waals surface area contributed by atoms with Gasteiger partial charge in [0.2, 0.25) is 0 Å². The number of aliphatic imine (C=N–C) groups is 1. The van der Waals surface area contributed by atoms with E-state index in [0.29, 0.717) is 18.8 Å². The molecular formula is C22H36N4O3. The first kappa shape index (κ1) is 23.0. The number of nitrogens with one attached hydrogen (secondary N) is 2. The summed E-state index contributed by atoms with van der Waals surface area (Å²) in [5, 5.41) is 6.10. The van der Waals surface area contributed by atoms with Crippen LogP contribution in [0, 0.1) is 5.92 Å². The van der Waals surface area contributed by atoms with E-state index in [0.717, 1.165) is 63.0 Å². The second-order valence-electron chi connectivity index (χ2n) is 7.33. The van der Waals surface area contributed by atoms with Gasteiger partial charge in [0.1, 0.15) is 5.75 Å². The highest BCUT2D eigenvalue weighted by Gasteiger charge is 2.15. The van der Waals surface area contributed by atoms with Crippen molar-refractivity contribution >= 4 is 11.9 Å². The van der Waals surface area contributed by atoms with Crippen molar-refractivity contribution in [3.05, 3.63) is 29.8 Å². The van der Waals surface area contributed by atoms with Gasteiger partial charge in [0.05, 0.1) is 6.54 Å². The van der Waals surface area contributed by atoms with Crippen LogP contribution in [0.5, 0.6) is 5.75 Å². The van der Waals surface area contributed by atoms with Crippen LogP contribution in [0.2, 0.25) is 0 Å². The van der Waals surface area contributed by atoms with Crippen LogP contribution >= 0.6 is 0 Å². The summed E-state index contributed by atoms with van der Waals surface area (Å²) in [6, 6.07) is 7.75. The Hall–Kier alpha value is -2.28. The average Bonchev–Trinajstić information content (AvgIpc) is 2.75. The van der Waals surface area contributed by atoms with E-state index >= 15 is 0 Å². The number of guanidine groups is 1. The number of hydrogen-bond donors (Lipinski definition) is 2. The molecule has 0 aliphatic carbocycles. The van der Waals surface area contributed by atoms with Gasteiger partial charge < -0.3 is 25.0 Å². The lowest BCUT2D eigenvalue weighted by Gasteiger charge is -2.26. The number of carbonyl (C=O) groups is 1. The predicted molar refractivity (Wildman–Crippen MR) is 116 cm³/mol. The van der Waals surface area contributed by atoms with E-state index in [1.54, 1.807) is 0 Å². The van der Waals surface area contributed by atoms with Gasteiger partial charge in [-0.15, -0.1) is 0 Å². The van der Waals surface area contributed by atoms with Crippen LogP contribution in [0.4, 0.5) is 0 Å². The fourth-order valence-electron chi connectivity index (χ4n) is 3.28. The first-order valence-electron chi connectivity index (χ1n) is 10.7. The maximum Gasteiger partial charge on any atom is 0.257 e. The van der Waals surface area contributed by atoms with E-state index in [1.807, 2.05) is 31.2 Å². The molecule has 1 saturated heterocycles. The Morgan fingerprint density at radius 1 is 1.24 bits per heavy atom. The van der Waals surface area contributed by atoms with E-state index in [9.17, 15) is 4.79 Å². The highest BCUT2D eigenvalue weighted by molar-refractivity contribution is 5.79. The quantitative estimate of drug-likeness (QED) is 0.463. The molecule has 29 heavy (non-hydrogen) atoms. The minimum atomic E-state index is -0.114. The average molecular weight is 405 g/mol. The standard InChI is InChI=1S/C22H36N4O3/c1-4-23-21(27)17-29-20-8-6-7-19(15-20)16-25-22(24-5-2)26(3)12-9-18-10-13-28-14-11-18/h6-8,15,18H,4-5,9-14,16-17H2,1-3H3,(H,23,27)(H,24,25). The van der Waals surface area contributed by atoms with Crippen molar-refractivity contribution in [3.8, 4) is 5.75 Å². The lowest BCUT2D eigenvalue weighted by Crippen LogP contribution is -2.40. The van der Waals surface area contributed by atoms with Gasteiger partial charge in [-0.3, -0.25) is 4.79 Å². The minimum absolute atomic E-state index is 0.0259. The van der Waals surface area contributed by atoms with Crippen LogP contribution in [0.3, 0.4) is 0 Å². The van der Waals surface area contributed by atoms with Crippen LogP contribution in [0.15, 0.2) is 29.3 Å². The molecule has 162 valence electrons. The van der Waals surface area contributed by atoms with Crippen molar-refractivity contribution in [2.75, 3.05) is 46.5 Å². The third kappa shape index (κ3) is 8.73. The predicted octanol–water partition coefficient (Wildman–Crippen LogP) is 2.42. The third-order valence-corrected chi connectivity index (χ3v) is 4.96. The summed E-state index contributed by atoms with van der Waals surface area (Å²) in [5.74, 6) is 2.22. The summed E-state index contributed by atoms with van der Waals surface area (Å²) >= 11 is 0. The molecule has 1 fully saturated rings. The van der Waals surface area contributed by atoms with Crippen molar-refractivity contribution < 1.29 is 14.3 Å². The van der Waals surface area contributed by atoms with Gasteiger partial charge in [-0.1, -0.05) is 12.1 Å². The van der Waals surface area contributed by atoms with Crippen LogP contribution in [0.25, 0.3) is 0 Å². The highest BCUT2D eigenvalue weighted by Crippen LogP contribution is 2.18. The smallest absolute Gasteiger partial charge is 0.257 e. The zero-order chi connectivity index (χ0) is 20.9. The first-order valence-corrected chi connectivity index (χ1v) is 10.7. The van der Waals surface area contributed by atoms with Gasteiger partial charge in [0.15, 0.2) is 12.6 Å². The van der Waals surface area contributed by atoms with Gasteiger partial charge in [-0.05, 0) is 56.7 Å². The Morgan fingerprint density at radius 2 is 2.00 bits per heavy atom. The van der Waals surface area contributed by atoms with E-state index in [2.05, 4.69) is 29.5 Å². The molecule has 7 heteroatoms. The summed E-state index contributed by atoms with van der Waals surface area (Å²) in [4.78, 5) is 18.5. The summed E-state index contributed by atoms with van der Waals surface area (Å²) in [6.07, 6.45) is 3.47. The van der Waals surface area contributed by atoms with E-state index in [4.69, 9.17) is 14.5 Å². The Bertz CT molecular complexity index is 645. The summed E-state index contributed by atoms with van der Waals surface area (Å²) in [6.45, 7) is 8.74. The third-order valence-electron chi connectivity index (χ3n) is 4.96. The molecule has 1 aliphatic rings. The lowest BCUT2D eigenvalue weighted by molar-refractivity contribution is -0.122. The van der Waals surface area contributed by atoms with Crippen LogP contribution in [0.1, 0.15) is 38.7 Å². The van der Waals surface area contributed by atoms with E-state index in [-0.39, 0.29) is 12.5 Å². The first-order chi connectivity index (χ1) is 14.1. The zero-order valence-electron chi connectivity index (χ0n) is 18.1. The van der Waals surface area contributed by atoms with E-state index in [1.165, 1.54) is 0 Å². The van der Waals surface area contributed by atoms with Crippen LogP contribution in [-0.2, 0) is 16.1 Å². The molecule has 1 aromatic carbocycles. The molecule has 0 radical (unpaired) electrons. The van der Waals surface area contributed by atoms with Crippen molar-refractivity contribution in [1.29, 1.82) is 0 Å². The molecule has 1 aliphatic heterocycles. The van der Waals surface area contributed by atoms with Crippen molar-refractivity contribution in [2.24, 2.45) is 10.9 Å². The van der Waals surface area contributed by atoms with Gasteiger partial charge in [-0.2, -0.15) is 0 Å². The topological polar surface area (TPSA) is 75.2 Å². The zero-order valence-corrected chi connectivity index (χ0v) is 18.1. The van der Waals surface area contributed by atoms with Crippen molar-refractivity contribution in [3.63, 3.8) is 0 Å². The normalized spacial score (nSPS) is 15.1. The Labute approximate surface area is 174 Å². The molecule has 0 aromatic heterocycles. The maximum atomic E-state index is 11.6. The second kappa shape index (κ2) is 13.0. The van der Waals surface area contributed by atoms with Crippen molar-refractivity contribution in [2.45, 2.75) is 39.7 Å². The summed E-state index contributed by atoms with van der Waals surface area (Å²) in [7, 11) is 2.09. The van der Waals surface area contributed by atoms with Gasteiger partial charge >= 0.3 is 0 Å². The molecular weight excluding hydrogens is 368 g/mol. The van der Waals surface area contributed by atoms with Gasteiger partial charge in [-0.25, -0.2) is 4.99 Å². The number of hydrogen-bond acceptors (Lipinski definition) is 4. The number of likely N-dealkylation sites (N-methyl/N-ethyl adjacent to an activating group) is 1. The number of rotatable bonds is 10. The van der Waals surface area contributed by atoms with E-state index < -0.39 is 0 Å². The number of ether oxygens (including phenoxy) is 2. The minimum Gasteiger partial charge on any atom is -0.484 e. The van der Waals surface area contributed by atoms with Crippen molar-refractivity contribution in [1.82, 2.24) is 15.5 Å². The molecule has 1 amide bonds. The SMILES string of the molecule is CCNC(=O)COc1cccc(CN=C(NCC)N(C)CCC2CCOCC2)c1. The number of benzene rings is 1. The van der Waals surface area contributed by atoms with Crippen LogP contribution in [-0.4, -0.2) is 63.3 Å². The molecule has 0 unspecified atom stereocenters. The fourth-order valence-corrected chi connectivity index (χ4v) is 3.28. The number of amides is 1. The number of nitrogens with zero attached hydrogens (tertiary/aromatic N) is 2.